The summed E-state index contributed by atoms with van der Waals surface area (Å²) in [5.74, 6) is 0.845. The molecule has 3 heteroatoms. The molecule has 3 nitrogen and oxygen atoms in total. The predicted molar refractivity (Wildman–Crippen MR) is 59.0 cm³/mol. The Morgan fingerprint density at radius 1 is 1.40 bits per heavy atom. The van der Waals surface area contributed by atoms with Crippen molar-refractivity contribution < 1.29 is 14.9 Å². The maximum absolute atomic E-state index is 9.70. The molecule has 15 heavy (non-hydrogen) atoms. The molecule has 0 saturated heterocycles. The average molecular weight is 210 g/mol. The van der Waals surface area contributed by atoms with Crippen molar-refractivity contribution in [1.82, 2.24) is 0 Å². The minimum absolute atomic E-state index is 0.00530. The van der Waals surface area contributed by atoms with Crippen molar-refractivity contribution in [2.75, 3.05) is 13.7 Å². The molecule has 0 spiro atoms. The molecule has 1 unspecified atom stereocenters. The van der Waals surface area contributed by atoms with Crippen LogP contribution < -0.4 is 4.74 Å². The zero-order valence-electron chi connectivity index (χ0n) is 9.23. The van der Waals surface area contributed by atoms with E-state index in [-0.39, 0.29) is 6.61 Å². The molecule has 0 aromatic heterocycles. The van der Waals surface area contributed by atoms with Gasteiger partial charge in [-0.25, -0.2) is 0 Å². The minimum Gasteiger partial charge on any atom is -0.496 e. The zero-order chi connectivity index (χ0) is 11.3. The molecule has 0 fully saturated rings. The molecular formula is C12H18O3. The van der Waals surface area contributed by atoms with Gasteiger partial charge in [-0.15, -0.1) is 0 Å². The predicted octanol–water partition coefficient (Wildman–Crippen LogP) is 1.67. The van der Waals surface area contributed by atoms with Crippen LogP contribution in [-0.4, -0.2) is 23.9 Å². The third kappa shape index (κ3) is 2.94. The summed E-state index contributed by atoms with van der Waals surface area (Å²) in [6.45, 7) is 2.04. The summed E-state index contributed by atoms with van der Waals surface area (Å²) < 4.78 is 5.20. The SMILES string of the molecule is CCc1cc(C(O)CCO)ccc1OC. The molecule has 0 heterocycles. The fourth-order valence-corrected chi connectivity index (χ4v) is 1.57. The lowest BCUT2D eigenvalue weighted by atomic mass is 10.0. The first-order valence-electron chi connectivity index (χ1n) is 5.18. The van der Waals surface area contributed by atoms with Crippen LogP contribution in [0.5, 0.6) is 5.75 Å². The van der Waals surface area contributed by atoms with Crippen molar-refractivity contribution in [3.05, 3.63) is 29.3 Å². The molecule has 1 aromatic carbocycles. The van der Waals surface area contributed by atoms with Gasteiger partial charge in [0.25, 0.3) is 0 Å². The van der Waals surface area contributed by atoms with Gasteiger partial charge in [0.05, 0.1) is 13.2 Å². The third-order valence-electron chi connectivity index (χ3n) is 2.47. The average Bonchev–Trinajstić information content (AvgIpc) is 2.28. The number of benzene rings is 1. The number of aliphatic hydroxyl groups excluding tert-OH is 2. The Hall–Kier alpha value is -1.06. The van der Waals surface area contributed by atoms with Gasteiger partial charge in [0.15, 0.2) is 0 Å². The maximum atomic E-state index is 9.70. The van der Waals surface area contributed by atoms with Gasteiger partial charge in [-0.1, -0.05) is 13.0 Å². The Kier molecular flexibility index (Phi) is 4.59. The fraction of sp³-hybridized carbons (Fsp3) is 0.500. The molecule has 1 rings (SSSR count). The van der Waals surface area contributed by atoms with Gasteiger partial charge in [0, 0.05) is 13.0 Å². The van der Waals surface area contributed by atoms with Gasteiger partial charge in [0.2, 0.25) is 0 Å². The quantitative estimate of drug-likeness (QED) is 0.777. The van der Waals surface area contributed by atoms with E-state index < -0.39 is 6.10 Å². The van der Waals surface area contributed by atoms with Crippen molar-refractivity contribution in [1.29, 1.82) is 0 Å². The van der Waals surface area contributed by atoms with Crippen molar-refractivity contribution in [2.45, 2.75) is 25.9 Å². The lowest BCUT2D eigenvalue weighted by Crippen LogP contribution is -2.01. The van der Waals surface area contributed by atoms with Crippen molar-refractivity contribution in [2.24, 2.45) is 0 Å². The van der Waals surface area contributed by atoms with E-state index in [9.17, 15) is 5.11 Å². The monoisotopic (exact) mass is 210 g/mol. The lowest BCUT2D eigenvalue weighted by molar-refractivity contribution is 0.134. The van der Waals surface area contributed by atoms with E-state index in [1.54, 1.807) is 7.11 Å². The number of hydrogen-bond acceptors (Lipinski definition) is 3. The summed E-state index contributed by atoms with van der Waals surface area (Å²) >= 11 is 0. The Morgan fingerprint density at radius 3 is 2.67 bits per heavy atom. The first kappa shape index (κ1) is 12.0. The molecular weight excluding hydrogens is 192 g/mol. The first-order valence-corrected chi connectivity index (χ1v) is 5.18. The van der Waals surface area contributed by atoms with Crippen molar-refractivity contribution in [3.8, 4) is 5.75 Å². The normalized spacial score (nSPS) is 12.5. The summed E-state index contributed by atoms with van der Waals surface area (Å²) in [7, 11) is 1.64. The summed E-state index contributed by atoms with van der Waals surface area (Å²) in [6.07, 6.45) is 0.643. The third-order valence-corrected chi connectivity index (χ3v) is 2.47. The van der Waals surface area contributed by atoms with Gasteiger partial charge < -0.3 is 14.9 Å². The molecule has 0 aliphatic rings. The number of hydrogen-bond donors (Lipinski definition) is 2. The van der Waals surface area contributed by atoms with Crippen LogP contribution in [-0.2, 0) is 6.42 Å². The molecule has 0 amide bonds. The highest BCUT2D eigenvalue weighted by atomic mass is 16.5. The number of aliphatic hydroxyl groups is 2. The van der Waals surface area contributed by atoms with Crippen LogP contribution in [0.3, 0.4) is 0 Å². The van der Waals surface area contributed by atoms with E-state index in [0.717, 1.165) is 23.3 Å². The summed E-state index contributed by atoms with van der Waals surface area (Å²) in [5.41, 5.74) is 1.91. The van der Waals surface area contributed by atoms with Crippen LogP contribution in [0.15, 0.2) is 18.2 Å². The van der Waals surface area contributed by atoms with Gasteiger partial charge in [-0.2, -0.15) is 0 Å². The summed E-state index contributed by atoms with van der Waals surface area (Å²) in [4.78, 5) is 0. The zero-order valence-corrected chi connectivity index (χ0v) is 9.23. The van der Waals surface area contributed by atoms with E-state index in [2.05, 4.69) is 0 Å². The summed E-state index contributed by atoms with van der Waals surface area (Å²) in [6, 6.07) is 5.62. The fourth-order valence-electron chi connectivity index (χ4n) is 1.57. The number of rotatable bonds is 5. The second kappa shape index (κ2) is 5.73. The minimum atomic E-state index is -0.591. The smallest absolute Gasteiger partial charge is 0.122 e. The van der Waals surface area contributed by atoms with Crippen LogP contribution in [0.1, 0.15) is 30.6 Å². The summed E-state index contributed by atoms with van der Waals surface area (Å²) in [5, 5.41) is 18.4. The first-order chi connectivity index (χ1) is 7.22. The second-order valence-electron chi connectivity index (χ2n) is 3.45. The number of aryl methyl sites for hydroxylation is 1. The van der Waals surface area contributed by atoms with E-state index in [1.807, 2.05) is 25.1 Å². The van der Waals surface area contributed by atoms with Crippen molar-refractivity contribution >= 4 is 0 Å². The lowest BCUT2D eigenvalue weighted by Gasteiger charge is -2.13. The highest BCUT2D eigenvalue weighted by molar-refractivity contribution is 5.38. The molecule has 0 radical (unpaired) electrons. The Bertz CT molecular complexity index is 310. The van der Waals surface area contributed by atoms with Gasteiger partial charge in [-0.3, -0.25) is 0 Å². The second-order valence-corrected chi connectivity index (χ2v) is 3.45. The Labute approximate surface area is 90.3 Å². The molecule has 0 bridgehead atoms. The van der Waals surface area contributed by atoms with Gasteiger partial charge in [-0.05, 0) is 29.7 Å². The largest absolute Gasteiger partial charge is 0.496 e. The van der Waals surface area contributed by atoms with Gasteiger partial charge in [0.1, 0.15) is 5.75 Å². The van der Waals surface area contributed by atoms with Gasteiger partial charge >= 0.3 is 0 Å². The van der Waals surface area contributed by atoms with E-state index in [1.165, 1.54) is 0 Å². The van der Waals surface area contributed by atoms with Crippen LogP contribution in [0.2, 0.25) is 0 Å². The molecule has 1 aromatic rings. The number of methoxy groups -OCH3 is 1. The molecule has 0 aliphatic carbocycles. The highest BCUT2D eigenvalue weighted by Crippen LogP contribution is 2.24. The molecule has 0 aliphatic heterocycles. The maximum Gasteiger partial charge on any atom is 0.122 e. The Morgan fingerprint density at radius 2 is 2.13 bits per heavy atom. The molecule has 1 atom stereocenters. The van der Waals surface area contributed by atoms with E-state index >= 15 is 0 Å². The van der Waals surface area contributed by atoms with Crippen LogP contribution >= 0.6 is 0 Å². The van der Waals surface area contributed by atoms with Crippen LogP contribution in [0, 0.1) is 0 Å². The van der Waals surface area contributed by atoms with Crippen LogP contribution in [0.4, 0.5) is 0 Å². The number of ether oxygens (including phenoxy) is 1. The Balaban J connectivity index is 2.92. The van der Waals surface area contributed by atoms with Crippen LogP contribution in [0.25, 0.3) is 0 Å². The topological polar surface area (TPSA) is 49.7 Å². The standard InChI is InChI=1S/C12H18O3/c1-3-9-8-10(11(14)6-7-13)4-5-12(9)15-2/h4-5,8,11,13-14H,3,6-7H2,1-2H3. The van der Waals surface area contributed by atoms with E-state index in [4.69, 9.17) is 9.84 Å². The molecule has 84 valence electrons. The van der Waals surface area contributed by atoms with Crippen molar-refractivity contribution in [3.63, 3.8) is 0 Å². The highest BCUT2D eigenvalue weighted by Gasteiger charge is 2.09. The molecule has 2 N–H and O–H groups in total. The molecule has 0 saturated carbocycles. The van der Waals surface area contributed by atoms with E-state index in [0.29, 0.717) is 6.42 Å².